The molecule has 1 amide bonds. The summed E-state index contributed by atoms with van der Waals surface area (Å²) in [4.78, 5) is 32.6. The van der Waals surface area contributed by atoms with Gasteiger partial charge in [-0.05, 0) is 47.2 Å². The quantitative estimate of drug-likeness (QED) is 0.489. The first kappa shape index (κ1) is 22.7. The van der Waals surface area contributed by atoms with Crippen molar-refractivity contribution in [2.75, 3.05) is 26.9 Å². The molecule has 36 heavy (non-hydrogen) atoms. The number of amides is 1. The van der Waals surface area contributed by atoms with Gasteiger partial charge in [-0.15, -0.1) is 0 Å². The first-order valence-corrected chi connectivity index (χ1v) is 12.4. The van der Waals surface area contributed by atoms with Gasteiger partial charge in [0, 0.05) is 11.8 Å². The number of carbonyl (C=O) groups is 2. The van der Waals surface area contributed by atoms with Crippen LogP contribution in [0.2, 0.25) is 0 Å². The zero-order valence-corrected chi connectivity index (χ0v) is 20.1. The molecule has 2 aromatic carbocycles. The first-order chi connectivity index (χ1) is 17.6. The second-order valence-corrected chi connectivity index (χ2v) is 9.67. The highest BCUT2D eigenvalue weighted by Gasteiger charge is 2.45. The number of piperidine rings is 1. The number of rotatable bonds is 5. The monoisotopic (exact) mass is 484 g/mol. The average Bonchev–Trinajstić information content (AvgIpc) is 3.24. The summed E-state index contributed by atoms with van der Waals surface area (Å²) in [7, 11) is 1.57. The van der Waals surface area contributed by atoms with Crippen LogP contribution in [-0.4, -0.2) is 60.8 Å². The summed E-state index contributed by atoms with van der Waals surface area (Å²) in [6.45, 7) is 1.09. The summed E-state index contributed by atoms with van der Waals surface area (Å²) in [5, 5.41) is 0. The summed E-state index contributed by atoms with van der Waals surface area (Å²) < 4.78 is 16.8. The predicted molar refractivity (Wildman–Crippen MR) is 133 cm³/mol. The highest BCUT2D eigenvalue weighted by Crippen LogP contribution is 2.44. The third-order valence-corrected chi connectivity index (χ3v) is 7.66. The number of hydrogen-bond acceptors (Lipinski definition) is 6. The van der Waals surface area contributed by atoms with E-state index in [1.165, 1.54) is 22.3 Å². The number of nitrogens with zero attached hydrogens (tertiary/aromatic N) is 2. The SMILES string of the molecule is COc1ccc(C(=O)C2CC3COCC(C2)N3C(=O)OCC2c3ccccc3-c3ccccc32)nc1. The lowest BCUT2D eigenvalue weighted by atomic mass is 9.82. The number of pyridine rings is 1. The molecular formula is C29H28N2O5. The van der Waals surface area contributed by atoms with Crippen LogP contribution >= 0.6 is 0 Å². The first-order valence-electron chi connectivity index (χ1n) is 12.4. The molecule has 184 valence electrons. The number of fused-ring (bicyclic) bond motifs is 5. The van der Waals surface area contributed by atoms with E-state index in [9.17, 15) is 9.59 Å². The van der Waals surface area contributed by atoms with Crippen molar-refractivity contribution >= 4 is 11.9 Å². The van der Waals surface area contributed by atoms with Gasteiger partial charge < -0.3 is 14.2 Å². The van der Waals surface area contributed by atoms with Gasteiger partial charge in [0.25, 0.3) is 0 Å². The predicted octanol–water partition coefficient (Wildman–Crippen LogP) is 4.70. The number of benzene rings is 2. The summed E-state index contributed by atoms with van der Waals surface area (Å²) in [6, 6.07) is 19.7. The topological polar surface area (TPSA) is 78.0 Å². The molecule has 3 aromatic rings. The molecule has 0 saturated carbocycles. The molecule has 7 nitrogen and oxygen atoms in total. The largest absolute Gasteiger partial charge is 0.495 e. The van der Waals surface area contributed by atoms with Crippen LogP contribution in [0.5, 0.6) is 5.75 Å². The summed E-state index contributed by atoms with van der Waals surface area (Å²) in [6.07, 6.45) is 2.30. The molecule has 2 aliphatic heterocycles. The van der Waals surface area contributed by atoms with Gasteiger partial charge in [0.2, 0.25) is 0 Å². The maximum absolute atomic E-state index is 13.3. The Hall–Kier alpha value is -3.71. The van der Waals surface area contributed by atoms with Gasteiger partial charge in [0.15, 0.2) is 5.78 Å². The van der Waals surface area contributed by atoms with E-state index in [0.717, 1.165) is 0 Å². The molecule has 1 aliphatic carbocycles. The maximum atomic E-state index is 13.3. The van der Waals surface area contributed by atoms with E-state index in [4.69, 9.17) is 14.2 Å². The van der Waals surface area contributed by atoms with Crippen molar-refractivity contribution in [2.45, 2.75) is 30.8 Å². The Labute approximate surface area is 210 Å². The average molecular weight is 485 g/mol. The maximum Gasteiger partial charge on any atom is 0.410 e. The molecule has 2 saturated heterocycles. The normalized spacial score (nSPS) is 22.5. The van der Waals surface area contributed by atoms with Crippen molar-refractivity contribution in [1.82, 2.24) is 9.88 Å². The number of hydrogen-bond donors (Lipinski definition) is 0. The molecule has 3 aliphatic rings. The molecule has 2 bridgehead atoms. The van der Waals surface area contributed by atoms with Gasteiger partial charge >= 0.3 is 6.09 Å². The fraction of sp³-hybridized carbons (Fsp3) is 0.345. The molecule has 0 N–H and O–H groups in total. The van der Waals surface area contributed by atoms with E-state index in [1.54, 1.807) is 25.4 Å². The van der Waals surface area contributed by atoms with Crippen molar-refractivity contribution in [3.63, 3.8) is 0 Å². The number of aromatic nitrogens is 1. The minimum atomic E-state index is -0.330. The fourth-order valence-electron chi connectivity index (χ4n) is 5.95. The lowest BCUT2D eigenvalue weighted by Crippen LogP contribution is -2.60. The summed E-state index contributed by atoms with van der Waals surface area (Å²) in [5.74, 6) is 0.420. The Kier molecular flexibility index (Phi) is 5.93. The molecule has 2 fully saturated rings. The lowest BCUT2D eigenvalue weighted by molar-refractivity contribution is -0.0748. The van der Waals surface area contributed by atoms with Gasteiger partial charge in [0.1, 0.15) is 18.1 Å². The number of Topliss-reactive ketones (excluding diaryl/α,β-unsaturated/α-hetero) is 1. The highest BCUT2D eigenvalue weighted by molar-refractivity contribution is 5.96. The Morgan fingerprint density at radius 2 is 1.58 bits per heavy atom. The van der Waals surface area contributed by atoms with Crippen molar-refractivity contribution in [3.05, 3.63) is 83.7 Å². The van der Waals surface area contributed by atoms with Crippen LogP contribution in [0.25, 0.3) is 11.1 Å². The van der Waals surface area contributed by atoms with Gasteiger partial charge in [-0.25, -0.2) is 9.78 Å². The lowest BCUT2D eigenvalue weighted by Gasteiger charge is -2.47. The molecule has 2 atom stereocenters. The number of morpholine rings is 1. The van der Waals surface area contributed by atoms with Gasteiger partial charge in [-0.2, -0.15) is 0 Å². The Bertz CT molecular complexity index is 1230. The van der Waals surface area contributed by atoms with Crippen molar-refractivity contribution in [2.24, 2.45) is 5.92 Å². The molecular weight excluding hydrogens is 456 g/mol. The Morgan fingerprint density at radius 1 is 0.944 bits per heavy atom. The van der Waals surface area contributed by atoms with Crippen LogP contribution in [-0.2, 0) is 9.47 Å². The number of methoxy groups -OCH3 is 1. The zero-order valence-electron chi connectivity index (χ0n) is 20.1. The van der Waals surface area contributed by atoms with Crippen LogP contribution in [0, 0.1) is 5.92 Å². The van der Waals surface area contributed by atoms with Crippen LogP contribution in [0.4, 0.5) is 4.79 Å². The molecule has 0 spiro atoms. The van der Waals surface area contributed by atoms with E-state index in [2.05, 4.69) is 29.2 Å². The van der Waals surface area contributed by atoms with Crippen LogP contribution in [0.15, 0.2) is 66.9 Å². The smallest absolute Gasteiger partial charge is 0.410 e. The highest BCUT2D eigenvalue weighted by atomic mass is 16.6. The van der Waals surface area contributed by atoms with E-state index >= 15 is 0 Å². The van der Waals surface area contributed by atoms with E-state index < -0.39 is 0 Å². The molecule has 2 unspecified atom stereocenters. The Balaban J connectivity index is 1.15. The molecule has 3 heterocycles. The van der Waals surface area contributed by atoms with Crippen LogP contribution in [0.1, 0.15) is 40.4 Å². The summed E-state index contributed by atoms with van der Waals surface area (Å²) in [5.41, 5.74) is 5.20. The fourth-order valence-corrected chi connectivity index (χ4v) is 5.95. The van der Waals surface area contributed by atoms with E-state index in [1.807, 2.05) is 29.2 Å². The zero-order chi connectivity index (χ0) is 24.6. The number of ketones is 1. The van der Waals surface area contributed by atoms with Gasteiger partial charge in [-0.3, -0.25) is 9.69 Å². The van der Waals surface area contributed by atoms with E-state index in [0.29, 0.717) is 37.5 Å². The second-order valence-electron chi connectivity index (χ2n) is 9.67. The van der Waals surface area contributed by atoms with Crippen molar-refractivity contribution < 1.29 is 23.8 Å². The van der Waals surface area contributed by atoms with Crippen LogP contribution < -0.4 is 4.74 Å². The molecule has 6 rings (SSSR count). The molecule has 0 radical (unpaired) electrons. The number of carbonyl (C=O) groups excluding carboxylic acids is 2. The second kappa shape index (κ2) is 9.39. The van der Waals surface area contributed by atoms with Crippen LogP contribution in [0.3, 0.4) is 0 Å². The third-order valence-electron chi connectivity index (χ3n) is 7.66. The minimum absolute atomic E-state index is 0.00161. The van der Waals surface area contributed by atoms with Crippen molar-refractivity contribution in [3.8, 4) is 16.9 Å². The molecule has 7 heteroatoms. The van der Waals surface area contributed by atoms with Crippen molar-refractivity contribution in [1.29, 1.82) is 0 Å². The van der Waals surface area contributed by atoms with E-state index in [-0.39, 0.29) is 42.4 Å². The molecule has 1 aromatic heterocycles. The van der Waals surface area contributed by atoms with Gasteiger partial charge in [0.05, 0.1) is 38.6 Å². The van der Waals surface area contributed by atoms with Gasteiger partial charge in [-0.1, -0.05) is 48.5 Å². The summed E-state index contributed by atoms with van der Waals surface area (Å²) >= 11 is 0. The Morgan fingerprint density at radius 3 is 2.17 bits per heavy atom. The standard InChI is InChI=1S/C29H28N2O5/c1-34-21-10-11-27(30-14-21)28(32)18-12-19-15-35-16-20(13-18)31(19)29(33)36-17-26-24-8-4-2-6-22(24)23-7-3-5-9-25(23)26/h2-11,14,18-20,26H,12-13,15-17H2,1H3. The number of ether oxygens (including phenoxy) is 3. The third kappa shape index (κ3) is 3.93. The minimum Gasteiger partial charge on any atom is -0.495 e.